The van der Waals surface area contributed by atoms with E-state index in [1.54, 1.807) is 43.3 Å². The van der Waals surface area contributed by atoms with E-state index in [0.717, 1.165) is 0 Å². The summed E-state index contributed by atoms with van der Waals surface area (Å²) in [5.41, 5.74) is 0.489. The van der Waals surface area contributed by atoms with Gasteiger partial charge >= 0.3 is 0 Å². The Kier molecular flexibility index (Phi) is 4.58. The smallest absolute Gasteiger partial charge is 0.265 e. The molecular weight excluding hydrogens is 281 g/mol. The number of nitrogens with one attached hydrogen (secondary N) is 1. The Bertz CT molecular complexity index is 618. The van der Waals surface area contributed by atoms with Crippen LogP contribution in [0.15, 0.2) is 48.5 Å². The number of amides is 1. The first-order valence-electron chi connectivity index (χ1n) is 6.04. The largest absolute Gasteiger partial charge is 0.478 e. The number of hydrogen-bond donors (Lipinski definition) is 1. The summed E-state index contributed by atoms with van der Waals surface area (Å²) in [6.45, 7) is 1.54. The molecule has 5 heteroatoms. The minimum atomic E-state index is -0.844. The third kappa shape index (κ3) is 3.48. The Morgan fingerprint density at radius 2 is 1.85 bits per heavy atom. The number of ether oxygens (including phenoxy) is 1. The highest BCUT2D eigenvalue weighted by Gasteiger charge is 2.17. The van der Waals surface area contributed by atoms with Crippen molar-refractivity contribution in [1.29, 1.82) is 0 Å². The Hall–Kier alpha value is -2.07. The summed E-state index contributed by atoms with van der Waals surface area (Å²) in [6, 6.07) is 12.8. The van der Waals surface area contributed by atoms with Crippen LogP contribution >= 0.6 is 11.6 Å². The zero-order valence-corrected chi connectivity index (χ0v) is 11.5. The SMILES string of the molecule is C[C@H](Oc1ccccc1F)C(=O)Nc1ccccc1Cl. The van der Waals surface area contributed by atoms with Crippen LogP contribution in [0, 0.1) is 5.82 Å². The molecule has 2 aromatic carbocycles. The molecule has 0 unspecified atom stereocenters. The van der Waals surface area contributed by atoms with E-state index >= 15 is 0 Å². The monoisotopic (exact) mass is 293 g/mol. The average molecular weight is 294 g/mol. The van der Waals surface area contributed by atoms with Gasteiger partial charge in [-0.3, -0.25) is 4.79 Å². The number of carbonyl (C=O) groups is 1. The van der Waals surface area contributed by atoms with Gasteiger partial charge in [-0.15, -0.1) is 0 Å². The Morgan fingerprint density at radius 3 is 2.55 bits per heavy atom. The van der Waals surface area contributed by atoms with Crippen molar-refractivity contribution in [2.75, 3.05) is 5.32 Å². The van der Waals surface area contributed by atoms with Gasteiger partial charge in [0, 0.05) is 0 Å². The van der Waals surface area contributed by atoms with E-state index < -0.39 is 17.8 Å². The molecule has 1 N–H and O–H groups in total. The van der Waals surface area contributed by atoms with Crippen molar-refractivity contribution in [2.45, 2.75) is 13.0 Å². The fraction of sp³-hybridized carbons (Fsp3) is 0.133. The lowest BCUT2D eigenvalue weighted by molar-refractivity contribution is -0.122. The molecular formula is C15H13ClFNO2. The highest BCUT2D eigenvalue weighted by molar-refractivity contribution is 6.33. The van der Waals surface area contributed by atoms with E-state index in [4.69, 9.17) is 16.3 Å². The number of rotatable bonds is 4. The third-order valence-electron chi connectivity index (χ3n) is 2.64. The molecule has 0 heterocycles. The molecule has 0 aromatic heterocycles. The predicted octanol–water partition coefficient (Wildman–Crippen LogP) is 3.89. The molecule has 0 spiro atoms. The maximum atomic E-state index is 13.4. The van der Waals surface area contributed by atoms with Gasteiger partial charge in [0.15, 0.2) is 17.7 Å². The lowest BCUT2D eigenvalue weighted by atomic mass is 10.3. The van der Waals surface area contributed by atoms with Crippen LogP contribution in [0.1, 0.15) is 6.92 Å². The van der Waals surface area contributed by atoms with Crippen molar-refractivity contribution >= 4 is 23.2 Å². The van der Waals surface area contributed by atoms with E-state index in [1.165, 1.54) is 12.1 Å². The molecule has 0 aliphatic rings. The Labute approximate surface area is 121 Å². The molecule has 20 heavy (non-hydrogen) atoms. The quantitative estimate of drug-likeness (QED) is 0.929. The van der Waals surface area contributed by atoms with Gasteiger partial charge in [-0.05, 0) is 31.2 Å². The van der Waals surface area contributed by atoms with Crippen LogP contribution in [0.3, 0.4) is 0 Å². The molecule has 0 aliphatic heterocycles. The molecule has 0 bridgehead atoms. The first-order chi connectivity index (χ1) is 9.58. The lowest BCUT2D eigenvalue weighted by Crippen LogP contribution is -2.30. The molecule has 104 valence electrons. The second-order valence-corrected chi connectivity index (χ2v) is 4.57. The van der Waals surface area contributed by atoms with Gasteiger partial charge in [-0.2, -0.15) is 0 Å². The summed E-state index contributed by atoms with van der Waals surface area (Å²) in [6.07, 6.45) is -0.844. The number of carbonyl (C=O) groups excluding carboxylic acids is 1. The second-order valence-electron chi connectivity index (χ2n) is 4.16. The molecule has 2 aromatic rings. The van der Waals surface area contributed by atoms with E-state index in [2.05, 4.69) is 5.32 Å². The molecule has 1 amide bonds. The summed E-state index contributed by atoms with van der Waals surface area (Å²) >= 11 is 5.94. The van der Waals surface area contributed by atoms with Gasteiger partial charge in [0.2, 0.25) is 0 Å². The highest BCUT2D eigenvalue weighted by atomic mass is 35.5. The van der Waals surface area contributed by atoms with E-state index in [-0.39, 0.29) is 5.75 Å². The number of benzene rings is 2. The van der Waals surface area contributed by atoms with Gasteiger partial charge in [0.05, 0.1) is 10.7 Å². The summed E-state index contributed by atoms with van der Waals surface area (Å²) in [5, 5.41) is 3.06. The van der Waals surface area contributed by atoms with E-state index in [1.807, 2.05) is 0 Å². The van der Waals surface area contributed by atoms with Gasteiger partial charge in [0.25, 0.3) is 5.91 Å². The van der Waals surface area contributed by atoms with Gasteiger partial charge in [0.1, 0.15) is 0 Å². The van der Waals surface area contributed by atoms with Crippen molar-refractivity contribution in [3.05, 3.63) is 59.4 Å². The molecule has 1 atom stereocenters. The summed E-state index contributed by atoms with van der Waals surface area (Å²) < 4.78 is 18.7. The molecule has 0 radical (unpaired) electrons. The van der Waals surface area contributed by atoms with Crippen molar-refractivity contribution < 1.29 is 13.9 Å². The Balaban J connectivity index is 2.03. The summed E-state index contributed by atoms with van der Waals surface area (Å²) in [5.74, 6) is -0.874. The number of halogens is 2. The zero-order valence-electron chi connectivity index (χ0n) is 10.8. The van der Waals surface area contributed by atoms with Crippen molar-refractivity contribution in [1.82, 2.24) is 0 Å². The van der Waals surface area contributed by atoms with Gasteiger partial charge in [-0.25, -0.2) is 4.39 Å². The maximum absolute atomic E-state index is 13.4. The molecule has 0 aliphatic carbocycles. The number of anilines is 1. The van der Waals surface area contributed by atoms with Crippen molar-refractivity contribution in [2.24, 2.45) is 0 Å². The fourth-order valence-corrected chi connectivity index (χ4v) is 1.76. The van der Waals surface area contributed by atoms with Crippen LogP contribution in [-0.2, 0) is 4.79 Å². The second kappa shape index (κ2) is 6.39. The van der Waals surface area contributed by atoms with Crippen LogP contribution in [0.4, 0.5) is 10.1 Å². The first kappa shape index (κ1) is 14.3. The summed E-state index contributed by atoms with van der Waals surface area (Å²) in [7, 11) is 0. The van der Waals surface area contributed by atoms with Crippen LogP contribution in [0.25, 0.3) is 0 Å². The predicted molar refractivity (Wildman–Crippen MR) is 76.6 cm³/mol. The lowest BCUT2D eigenvalue weighted by Gasteiger charge is -2.15. The van der Waals surface area contributed by atoms with Gasteiger partial charge < -0.3 is 10.1 Å². The van der Waals surface area contributed by atoms with Crippen molar-refractivity contribution in [3.63, 3.8) is 0 Å². The van der Waals surface area contributed by atoms with Crippen molar-refractivity contribution in [3.8, 4) is 5.75 Å². The molecule has 0 fully saturated rings. The average Bonchev–Trinajstić information content (AvgIpc) is 2.43. The standard InChI is InChI=1S/C15H13ClFNO2/c1-10(20-14-9-5-3-7-12(14)17)15(19)18-13-8-4-2-6-11(13)16/h2-10H,1H3,(H,18,19)/t10-/m0/s1. The first-order valence-corrected chi connectivity index (χ1v) is 6.42. The zero-order chi connectivity index (χ0) is 14.5. The Morgan fingerprint density at radius 1 is 1.20 bits per heavy atom. The number of para-hydroxylation sites is 2. The summed E-state index contributed by atoms with van der Waals surface area (Å²) in [4.78, 5) is 12.0. The molecule has 0 saturated heterocycles. The molecule has 0 saturated carbocycles. The minimum absolute atomic E-state index is 0.0364. The number of hydrogen-bond acceptors (Lipinski definition) is 2. The fourth-order valence-electron chi connectivity index (χ4n) is 1.58. The normalized spacial score (nSPS) is 11.8. The molecule has 3 nitrogen and oxygen atoms in total. The van der Waals surface area contributed by atoms with Crippen LogP contribution in [0.5, 0.6) is 5.75 Å². The topological polar surface area (TPSA) is 38.3 Å². The highest BCUT2D eigenvalue weighted by Crippen LogP contribution is 2.21. The van der Waals surface area contributed by atoms with Gasteiger partial charge in [-0.1, -0.05) is 35.9 Å². The van der Waals surface area contributed by atoms with Crippen LogP contribution < -0.4 is 10.1 Å². The van der Waals surface area contributed by atoms with Crippen LogP contribution in [-0.4, -0.2) is 12.0 Å². The van der Waals surface area contributed by atoms with E-state index in [0.29, 0.717) is 10.7 Å². The third-order valence-corrected chi connectivity index (χ3v) is 2.97. The van der Waals surface area contributed by atoms with E-state index in [9.17, 15) is 9.18 Å². The minimum Gasteiger partial charge on any atom is -0.478 e. The molecule has 2 rings (SSSR count). The maximum Gasteiger partial charge on any atom is 0.265 e. The van der Waals surface area contributed by atoms with Crippen LogP contribution in [0.2, 0.25) is 5.02 Å².